The van der Waals surface area contributed by atoms with Gasteiger partial charge in [-0.25, -0.2) is 0 Å². The number of aliphatic hydroxyl groups excluding tert-OH is 1. The van der Waals surface area contributed by atoms with E-state index in [0.29, 0.717) is 12.3 Å². The highest BCUT2D eigenvalue weighted by molar-refractivity contribution is 5.76. The number of aliphatic hydroxyl groups is 1. The van der Waals surface area contributed by atoms with Gasteiger partial charge >= 0.3 is 0 Å². The molecule has 0 saturated heterocycles. The van der Waals surface area contributed by atoms with Crippen molar-refractivity contribution in [2.75, 3.05) is 20.7 Å². The third-order valence-electron chi connectivity index (χ3n) is 2.48. The van der Waals surface area contributed by atoms with Gasteiger partial charge in [0.05, 0.1) is 6.61 Å². The van der Waals surface area contributed by atoms with Crippen molar-refractivity contribution < 1.29 is 9.90 Å². The number of nitrogens with zero attached hydrogens (tertiary/aromatic N) is 1. The van der Waals surface area contributed by atoms with Gasteiger partial charge in [-0.15, -0.1) is 0 Å². The Morgan fingerprint density at radius 2 is 1.88 bits per heavy atom. The fourth-order valence-corrected chi connectivity index (χ4v) is 1.67. The van der Waals surface area contributed by atoms with E-state index in [4.69, 9.17) is 0 Å². The molecule has 0 aromatic carbocycles. The summed E-state index contributed by atoms with van der Waals surface area (Å²) in [5, 5.41) is 12.5. The van der Waals surface area contributed by atoms with Crippen LogP contribution in [0.2, 0.25) is 0 Å². The third-order valence-corrected chi connectivity index (χ3v) is 2.48. The summed E-state index contributed by atoms with van der Waals surface area (Å²) >= 11 is 0. The lowest BCUT2D eigenvalue weighted by atomic mass is 10.0. The normalized spacial score (nSPS) is 14.9. The summed E-state index contributed by atoms with van der Waals surface area (Å²) in [5.41, 5.74) is 0. The molecule has 0 heterocycles. The first-order valence-corrected chi connectivity index (χ1v) is 5.93. The molecular weight excluding hydrogens is 204 g/mol. The van der Waals surface area contributed by atoms with Crippen LogP contribution in [0, 0.1) is 5.92 Å². The molecule has 2 N–H and O–H groups in total. The summed E-state index contributed by atoms with van der Waals surface area (Å²) in [5.74, 6) is 0.655. The predicted octanol–water partition coefficient (Wildman–Crippen LogP) is 0.850. The predicted molar refractivity (Wildman–Crippen MR) is 66.2 cm³/mol. The summed E-state index contributed by atoms with van der Waals surface area (Å²) in [6.07, 6.45) is 1.40. The Morgan fingerprint density at radius 1 is 1.31 bits per heavy atom. The smallest absolute Gasteiger partial charge is 0.223 e. The molecule has 0 aliphatic rings. The molecule has 0 bridgehead atoms. The number of nitrogens with one attached hydrogen (secondary N) is 1. The van der Waals surface area contributed by atoms with E-state index in [9.17, 15) is 9.90 Å². The Balaban J connectivity index is 4.00. The average molecular weight is 230 g/mol. The van der Waals surface area contributed by atoms with Crippen LogP contribution in [-0.2, 0) is 4.79 Å². The average Bonchev–Trinajstić information content (AvgIpc) is 2.15. The van der Waals surface area contributed by atoms with Crippen molar-refractivity contribution in [1.82, 2.24) is 10.2 Å². The van der Waals surface area contributed by atoms with E-state index >= 15 is 0 Å². The molecule has 4 heteroatoms. The van der Waals surface area contributed by atoms with Crippen LogP contribution in [0.4, 0.5) is 0 Å². The molecule has 1 amide bonds. The van der Waals surface area contributed by atoms with Crippen molar-refractivity contribution in [3.05, 3.63) is 0 Å². The molecule has 2 atom stereocenters. The molecule has 0 radical (unpaired) electrons. The van der Waals surface area contributed by atoms with Crippen molar-refractivity contribution in [1.29, 1.82) is 0 Å². The molecule has 0 fully saturated rings. The first kappa shape index (κ1) is 15.4. The molecule has 16 heavy (non-hydrogen) atoms. The van der Waals surface area contributed by atoms with Crippen LogP contribution in [0.3, 0.4) is 0 Å². The van der Waals surface area contributed by atoms with E-state index in [-0.39, 0.29) is 24.6 Å². The maximum absolute atomic E-state index is 11.5. The maximum atomic E-state index is 11.5. The first-order valence-electron chi connectivity index (χ1n) is 5.93. The Hall–Kier alpha value is -0.610. The number of carbonyl (C=O) groups is 1. The Morgan fingerprint density at radius 3 is 2.25 bits per heavy atom. The molecule has 2 unspecified atom stereocenters. The van der Waals surface area contributed by atoms with Crippen molar-refractivity contribution in [3.8, 4) is 0 Å². The number of amides is 1. The van der Waals surface area contributed by atoms with Crippen LogP contribution < -0.4 is 5.32 Å². The van der Waals surface area contributed by atoms with Crippen molar-refractivity contribution in [2.45, 2.75) is 45.7 Å². The fraction of sp³-hybridized carbons (Fsp3) is 0.917. The van der Waals surface area contributed by atoms with E-state index in [1.807, 2.05) is 6.92 Å². The van der Waals surface area contributed by atoms with Gasteiger partial charge in [-0.2, -0.15) is 0 Å². The minimum absolute atomic E-state index is 0.0879. The Kier molecular flexibility index (Phi) is 7.34. The molecule has 0 aliphatic carbocycles. The van der Waals surface area contributed by atoms with E-state index in [1.165, 1.54) is 0 Å². The molecule has 0 aliphatic heterocycles. The molecule has 0 aromatic heterocycles. The lowest BCUT2D eigenvalue weighted by molar-refractivity contribution is -0.129. The van der Waals surface area contributed by atoms with Gasteiger partial charge < -0.3 is 15.3 Å². The van der Waals surface area contributed by atoms with Gasteiger partial charge in [0.15, 0.2) is 0 Å². The highest BCUT2D eigenvalue weighted by Gasteiger charge is 2.15. The van der Waals surface area contributed by atoms with Crippen molar-refractivity contribution in [2.24, 2.45) is 5.92 Å². The van der Waals surface area contributed by atoms with Crippen LogP contribution >= 0.6 is 0 Å². The van der Waals surface area contributed by atoms with E-state index in [2.05, 4.69) is 19.2 Å². The van der Waals surface area contributed by atoms with Gasteiger partial charge in [0.1, 0.15) is 0 Å². The maximum Gasteiger partial charge on any atom is 0.223 e. The Bertz CT molecular complexity index is 205. The summed E-state index contributed by atoms with van der Waals surface area (Å²) in [7, 11) is 3.51. The zero-order valence-electron chi connectivity index (χ0n) is 11.2. The molecule has 0 aromatic rings. The lowest BCUT2D eigenvalue weighted by Crippen LogP contribution is -2.42. The van der Waals surface area contributed by atoms with Gasteiger partial charge in [0, 0.05) is 32.6 Å². The number of carbonyl (C=O) groups excluding carboxylic acids is 1. The van der Waals surface area contributed by atoms with Crippen molar-refractivity contribution in [3.63, 3.8) is 0 Å². The summed E-state index contributed by atoms with van der Waals surface area (Å²) in [4.78, 5) is 13.1. The zero-order chi connectivity index (χ0) is 12.7. The summed E-state index contributed by atoms with van der Waals surface area (Å²) < 4.78 is 0. The van der Waals surface area contributed by atoms with Gasteiger partial charge in [0.2, 0.25) is 5.91 Å². The van der Waals surface area contributed by atoms with E-state index < -0.39 is 0 Å². The van der Waals surface area contributed by atoms with Crippen LogP contribution in [0.5, 0.6) is 0 Å². The molecule has 0 saturated carbocycles. The number of rotatable bonds is 7. The summed E-state index contributed by atoms with van der Waals surface area (Å²) in [6.45, 7) is 6.35. The monoisotopic (exact) mass is 230 g/mol. The van der Waals surface area contributed by atoms with Crippen molar-refractivity contribution >= 4 is 5.91 Å². The second kappa shape index (κ2) is 7.63. The number of hydrogen-bond acceptors (Lipinski definition) is 3. The SMILES string of the molecule is CC(C)CC(CO)NC(C)CC(=O)N(C)C. The van der Waals surface area contributed by atoms with E-state index in [0.717, 1.165) is 6.42 Å². The second-order valence-electron chi connectivity index (χ2n) is 5.07. The highest BCUT2D eigenvalue weighted by Crippen LogP contribution is 2.06. The fourth-order valence-electron chi connectivity index (χ4n) is 1.67. The van der Waals surface area contributed by atoms with Gasteiger partial charge in [-0.05, 0) is 19.3 Å². The minimum atomic E-state index is 0.0879. The molecular formula is C12H26N2O2. The summed E-state index contributed by atoms with van der Waals surface area (Å²) in [6, 6.07) is 0.191. The number of hydrogen-bond donors (Lipinski definition) is 2. The van der Waals surface area contributed by atoms with E-state index in [1.54, 1.807) is 19.0 Å². The topological polar surface area (TPSA) is 52.6 Å². The molecule has 0 spiro atoms. The van der Waals surface area contributed by atoms with Gasteiger partial charge in [-0.3, -0.25) is 4.79 Å². The van der Waals surface area contributed by atoms with Crippen LogP contribution in [0.25, 0.3) is 0 Å². The van der Waals surface area contributed by atoms with Gasteiger partial charge in [0.25, 0.3) is 0 Å². The largest absolute Gasteiger partial charge is 0.395 e. The van der Waals surface area contributed by atoms with Crippen LogP contribution in [0.1, 0.15) is 33.6 Å². The second-order valence-corrected chi connectivity index (χ2v) is 5.07. The van der Waals surface area contributed by atoms with Gasteiger partial charge in [-0.1, -0.05) is 13.8 Å². The minimum Gasteiger partial charge on any atom is -0.395 e. The molecule has 4 nitrogen and oxygen atoms in total. The van der Waals surface area contributed by atoms with Crippen LogP contribution in [0.15, 0.2) is 0 Å². The lowest BCUT2D eigenvalue weighted by Gasteiger charge is -2.23. The Labute approximate surface area is 99.0 Å². The zero-order valence-corrected chi connectivity index (χ0v) is 11.2. The molecule has 96 valence electrons. The quantitative estimate of drug-likeness (QED) is 0.682. The first-order chi connectivity index (χ1) is 7.36. The van der Waals surface area contributed by atoms with Crippen LogP contribution in [-0.4, -0.2) is 48.7 Å². The standard InChI is InChI=1S/C12H26N2O2/c1-9(2)6-11(8-15)13-10(3)7-12(16)14(4)5/h9-11,13,15H,6-8H2,1-5H3. The highest BCUT2D eigenvalue weighted by atomic mass is 16.3. The third kappa shape index (κ3) is 6.80. The molecule has 0 rings (SSSR count).